The lowest BCUT2D eigenvalue weighted by Crippen LogP contribution is -2.23. The summed E-state index contributed by atoms with van der Waals surface area (Å²) in [6.07, 6.45) is 6.26. The third-order valence-corrected chi connectivity index (χ3v) is 2.76. The number of hydrogen-bond acceptors (Lipinski definition) is 2. The van der Waals surface area contributed by atoms with Crippen molar-refractivity contribution >= 4 is 5.97 Å². The van der Waals surface area contributed by atoms with Gasteiger partial charge in [0.05, 0.1) is 5.92 Å². The van der Waals surface area contributed by atoms with Crippen molar-refractivity contribution in [3.05, 3.63) is 12.2 Å². The zero-order chi connectivity index (χ0) is 11.3. The minimum absolute atomic E-state index is 0.150. The quantitative estimate of drug-likeness (QED) is 0.707. The predicted molar refractivity (Wildman–Crippen MR) is 60.8 cm³/mol. The van der Waals surface area contributed by atoms with E-state index in [1.165, 1.54) is 0 Å². The zero-order valence-electron chi connectivity index (χ0n) is 9.65. The number of nitrogens with zero attached hydrogens (tertiary/aromatic N) is 1. The number of carbonyl (C=O) groups is 1. The Morgan fingerprint density at radius 1 is 1.53 bits per heavy atom. The van der Waals surface area contributed by atoms with Crippen molar-refractivity contribution in [3.8, 4) is 0 Å². The average Bonchev–Trinajstić information content (AvgIpc) is 2.60. The number of hydrogen-bond donors (Lipinski definition) is 1. The normalized spacial score (nSPS) is 23.0. The molecule has 0 spiro atoms. The Labute approximate surface area is 91.8 Å². The lowest BCUT2D eigenvalue weighted by atomic mass is 10.1. The molecule has 0 radical (unpaired) electrons. The van der Waals surface area contributed by atoms with Crippen molar-refractivity contribution in [2.24, 2.45) is 11.8 Å². The van der Waals surface area contributed by atoms with Crippen molar-refractivity contribution < 1.29 is 9.90 Å². The first kappa shape index (κ1) is 12.2. The summed E-state index contributed by atoms with van der Waals surface area (Å²) in [6, 6.07) is 0. The molecule has 3 heteroatoms. The van der Waals surface area contributed by atoms with E-state index in [-0.39, 0.29) is 5.92 Å². The zero-order valence-corrected chi connectivity index (χ0v) is 9.65. The van der Waals surface area contributed by atoms with Crippen LogP contribution in [0, 0.1) is 11.8 Å². The van der Waals surface area contributed by atoms with Crippen LogP contribution in [0.1, 0.15) is 26.7 Å². The van der Waals surface area contributed by atoms with Crippen LogP contribution in [0.2, 0.25) is 0 Å². The van der Waals surface area contributed by atoms with Crippen LogP contribution >= 0.6 is 0 Å². The maximum atomic E-state index is 10.7. The topological polar surface area (TPSA) is 40.5 Å². The minimum Gasteiger partial charge on any atom is -0.481 e. The fourth-order valence-corrected chi connectivity index (χ4v) is 1.79. The van der Waals surface area contributed by atoms with Gasteiger partial charge in [0.15, 0.2) is 0 Å². The van der Waals surface area contributed by atoms with E-state index < -0.39 is 5.97 Å². The first-order valence-electron chi connectivity index (χ1n) is 5.69. The van der Waals surface area contributed by atoms with Crippen molar-refractivity contribution in [2.75, 3.05) is 19.6 Å². The third-order valence-electron chi connectivity index (χ3n) is 2.76. The standard InChI is InChI=1S/C12H21NO2/c1-10(2)5-3-4-7-13-8-6-11(9-13)12(14)15/h3-4,10-11H,5-9H2,1-2H3,(H,14,15)/b4-3+. The molecule has 1 rings (SSSR count). The highest BCUT2D eigenvalue weighted by Gasteiger charge is 2.26. The molecule has 0 aliphatic carbocycles. The summed E-state index contributed by atoms with van der Waals surface area (Å²) in [5.74, 6) is -0.0984. The average molecular weight is 211 g/mol. The molecule has 1 saturated heterocycles. The van der Waals surface area contributed by atoms with Crippen LogP contribution in [0.15, 0.2) is 12.2 Å². The van der Waals surface area contributed by atoms with Crippen molar-refractivity contribution in [3.63, 3.8) is 0 Å². The van der Waals surface area contributed by atoms with Gasteiger partial charge in [-0.05, 0) is 25.3 Å². The summed E-state index contributed by atoms with van der Waals surface area (Å²) in [4.78, 5) is 12.9. The van der Waals surface area contributed by atoms with Crippen LogP contribution in [0.3, 0.4) is 0 Å². The molecule has 1 heterocycles. The molecule has 1 aliphatic rings. The molecule has 3 nitrogen and oxygen atoms in total. The summed E-state index contributed by atoms with van der Waals surface area (Å²) in [5, 5.41) is 8.83. The SMILES string of the molecule is CC(C)C/C=C/CN1CCC(C(=O)O)C1. The van der Waals surface area contributed by atoms with Gasteiger partial charge in [0.1, 0.15) is 0 Å². The number of likely N-dealkylation sites (tertiary alicyclic amines) is 1. The maximum absolute atomic E-state index is 10.7. The van der Waals surface area contributed by atoms with E-state index in [2.05, 4.69) is 30.9 Å². The first-order chi connectivity index (χ1) is 7.09. The summed E-state index contributed by atoms with van der Waals surface area (Å²) in [5.41, 5.74) is 0. The molecule has 15 heavy (non-hydrogen) atoms. The van der Waals surface area contributed by atoms with E-state index in [1.807, 2.05) is 0 Å². The van der Waals surface area contributed by atoms with Crippen LogP contribution in [0.4, 0.5) is 0 Å². The van der Waals surface area contributed by atoms with Crippen LogP contribution in [0.25, 0.3) is 0 Å². The molecule has 86 valence electrons. The molecule has 1 atom stereocenters. The molecular weight excluding hydrogens is 190 g/mol. The Kier molecular flexibility index (Phi) is 4.82. The summed E-state index contributed by atoms with van der Waals surface area (Å²) in [7, 11) is 0. The van der Waals surface area contributed by atoms with Gasteiger partial charge in [0.25, 0.3) is 0 Å². The molecular formula is C12H21NO2. The summed E-state index contributed by atoms with van der Waals surface area (Å²) < 4.78 is 0. The highest BCUT2D eigenvalue weighted by atomic mass is 16.4. The molecule has 0 amide bonds. The van der Waals surface area contributed by atoms with Gasteiger partial charge in [-0.25, -0.2) is 0 Å². The fraction of sp³-hybridized carbons (Fsp3) is 0.750. The lowest BCUT2D eigenvalue weighted by molar-refractivity contribution is -0.141. The number of carboxylic acid groups (broad SMARTS) is 1. The highest BCUT2D eigenvalue weighted by Crippen LogP contribution is 2.15. The Bertz CT molecular complexity index is 236. The Hall–Kier alpha value is -0.830. The third kappa shape index (κ3) is 4.47. The molecule has 0 aromatic carbocycles. The second-order valence-electron chi connectivity index (χ2n) is 4.68. The van der Waals surface area contributed by atoms with Crippen LogP contribution < -0.4 is 0 Å². The second kappa shape index (κ2) is 5.91. The molecule has 1 fully saturated rings. The number of allylic oxidation sites excluding steroid dienone is 1. The first-order valence-corrected chi connectivity index (χ1v) is 5.69. The van der Waals surface area contributed by atoms with Crippen LogP contribution in [-0.4, -0.2) is 35.6 Å². The number of aliphatic carboxylic acids is 1. The Balaban J connectivity index is 2.19. The van der Waals surface area contributed by atoms with Gasteiger partial charge in [0, 0.05) is 13.1 Å². The van der Waals surface area contributed by atoms with E-state index >= 15 is 0 Å². The molecule has 1 unspecified atom stereocenters. The van der Waals surface area contributed by atoms with Crippen LogP contribution in [0.5, 0.6) is 0 Å². The van der Waals surface area contributed by atoms with E-state index in [1.54, 1.807) is 0 Å². The second-order valence-corrected chi connectivity index (χ2v) is 4.68. The predicted octanol–water partition coefficient (Wildman–Crippen LogP) is 2.00. The van der Waals surface area contributed by atoms with Crippen molar-refractivity contribution in [2.45, 2.75) is 26.7 Å². The molecule has 0 bridgehead atoms. The van der Waals surface area contributed by atoms with E-state index in [0.717, 1.165) is 25.9 Å². The summed E-state index contributed by atoms with van der Waals surface area (Å²) >= 11 is 0. The van der Waals surface area contributed by atoms with Gasteiger partial charge in [-0.3, -0.25) is 9.69 Å². The molecule has 1 N–H and O–H groups in total. The van der Waals surface area contributed by atoms with Crippen LogP contribution in [-0.2, 0) is 4.79 Å². The van der Waals surface area contributed by atoms with Crippen molar-refractivity contribution in [1.82, 2.24) is 4.90 Å². The lowest BCUT2D eigenvalue weighted by Gasteiger charge is -2.11. The number of rotatable bonds is 5. The molecule has 1 aliphatic heterocycles. The van der Waals surface area contributed by atoms with Gasteiger partial charge in [-0.2, -0.15) is 0 Å². The monoisotopic (exact) mass is 211 g/mol. The van der Waals surface area contributed by atoms with Gasteiger partial charge in [-0.15, -0.1) is 0 Å². The van der Waals surface area contributed by atoms with Crippen molar-refractivity contribution in [1.29, 1.82) is 0 Å². The van der Waals surface area contributed by atoms with Gasteiger partial charge in [0.2, 0.25) is 0 Å². The molecule has 0 saturated carbocycles. The van der Waals surface area contributed by atoms with E-state index in [0.29, 0.717) is 12.5 Å². The Morgan fingerprint density at radius 2 is 2.27 bits per heavy atom. The number of carboxylic acids is 1. The Morgan fingerprint density at radius 3 is 2.80 bits per heavy atom. The van der Waals surface area contributed by atoms with Gasteiger partial charge < -0.3 is 5.11 Å². The largest absolute Gasteiger partial charge is 0.481 e. The maximum Gasteiger partial charge on any atom is 0.307 e. The van der Waals surface area contributed by atoms with Gasteiger partial charge >= 0.3 is 5.97 Å². The summed E-state index contributed by atoms with van der Waals surface area (Å²) in [6.45, 7) is 6.92. The molecule has 0 aromatic rings. The fourth-order valence-electron chi connectivity index (χ4n) is 1.79. The molecule has 0 aromatic heterocycles. The minimum atomic E-state index is -0.649. The van der Waals surface area contributed by atoms with E-state index in [4.69, 9.17) is 5.11 Å². The smallest absolute Gasteiger partial charge is 0.307 e. The van der Waals surface area contributed by atoms with E-state index in [9.17, 15) is 4.79 Å². The van der Waals surface area contributed by atoms with Gasteiger partial charge in [-0.1, -0.05) is 26.0 Å². The highest BCUT2D eigenvalue weighted by molar-refractivity contribution is 5.70.